The molecule has 0 spiro atoms. The van der Waals surface area contributed by atoms with Crippen LogP contribution in [0.5, 0.6) is 5.75 Å². The van der Waals surface area contributed by atoms with Gasteiger partial charge in [0.1, 0.15) is 5.69 Å². The van der Waals surface area contributed by atoms with Crippen molar-refractivity contribution >= 4 is 16.2 Å². The molecule has 0 fully saturated rings. The number of ether oxygens (including phenoxy) is 1. The molecular weight excluding hydrogens is 369 g/mol. The van der Waals surface area contributed by atoms with Crippen molar-refractivity contribution in [3.63, 3.8) is 0 Å². The van der Waals surface area contributed by atoms with E-state index < -0.39 is 15.8 Å². The number of aromatic nitrogens is 2. The van der Waals surface area contributed by atoms with Gasteiger partial charge in [-0.2, -0.15) is 5.10 Å². The average Bonchev–Trinajstić information content (AvgIpc) is 3.05. The highest BCUT2D eigenvalue weighted by atomic mass is 32.2. The fourth-order valence-electron chi connectivity index (χ4n) is 2.78. The van der Waals surface area contributed by atoms with Crippen molar-refractivity contribution in [3.8, 4) is 28.1 Å². The Kier molecular flexibility index (Phi) is 5.11. The van der Waals surface area contributed by atoms with Crippen LogP contribution >= 0.6 is 0 Å². The molecule has 0 radical (unpaired) electrons. The van der Waals surface area contributed by atoms with Crippen LogP contribution in [0, 0.1) is 5.82 Å². The molecule has 8 heteroatoms. The molecule has 2 N–H and O–H groups in total. The molecule has 1 aromatic heterocycles. The second-order valence-corrected chi connectivity index (χ2v) is 7.27. The molecule has 2 aromatic carbocycles. The van der Waals surface area contributed by atoms with Crippen molar-refractivity contribution in [2.24, 2.45) is 5.14 Å². The minimum Gasteiger partial charge on any atom is -0.494 e. The second kappa shape index (κ2) is 7.34. The summed E-state index contributed by atoms with van der Waals surface area (Å²) < 4.78 is 44.7. The normalized spacial score (nSPS) is 11.9. The van der Waals surface area contributed by atoms with Gasteiger partial charge in [-0.15, -0.1) is 0 Å². The van der Waals surface area contributed by atoms with Gasteiger partial charge in [0.2, 0.25) is 10.0 Å². The fraction of sp³-hybridized carbons (Fsp3) is 0.105. The molecule has 1 heterocycles. The molecule has 3 aromatic rings. The topological polar surface area (TPSA) is 87.2 Å². The number of hydrogen-bond donors (Lipinski definition) is 1. The molecule has 0 aliphatic heterocycles. The minimum atomic E-state index is -3.96. The maximum atomic E-state index is 14.2. The Morgan fingerprint density at radius 1 is 1.19 bits per heavy atom. The maximum Gasteiger partial charge on any atom is 0.238 e. The van der Waals surface area contributed by atoms with Gasteiger partial charge in [0.15, 0.2) is 11.6 Å². The van der Waals surface area contributed by atoms with Crippen molar-refractivity contribution in [1.29, 1.82) is 0 Å². The summed E-state index contributed by atoms with van der Waals surface area (Å²) in [6, 6.07) is 10.8. The highest BCUT2D eigenvalue weighted by Gasteiger charge is 2.21. The number of nitrogens with two attached hydrogens (primary N) is 1. The third kappa shape index (κ3) is 3.76. The Labute approximate surface area is 156 Å². The molecule has 3 rings (SSSR count). The quantitative estimate of drug-likeness (QED) is 0.726. The van der Waals surface area contributed by atoms with Crippen LogP contribution in [0.15, 0.2) is 59.6 Å². The van der Waals surface area contributed by atoms with E-state index in [2.05, 4.69) is 5.10 Å². The number of rotatable bonds is 5. The molecule has 0 saturated carbocycles. The Balaban J connectivity index is 2.28. The van der Waals surface area contributed by atoms with E-state index in [9.17, 15) is 12.8 Å². The summed E-state index contributed by atoms with van der Waals surface area (Å²) in [5.74, 6) is -0.412. The van der Waals surface area contributed by atoms with E-state index in [-0.39, 0.29) is 10.6 Å². The zero-order valence-corrected chi connectivity index (χ0v) is 15.6. The van der Waals surface area contributed by atoms with E-state index in [4.69, 9.17) is 9.88 Å². The first kappa shape index (κ1) is 18.8. The van der Waals surface area contributed by atoms with Crippen LogP contribution in [0.25, 0.3) is 28.6 Å². The molecule has 0 aliphatic rings. The SMILES string of the molecule is CC=Cn1cc(-c2ccc(OC)c(F)c2)c(-c2ccccc2S(N)(=O)=O)n1. The predicted octanol–water partition coefficient (Wildman–Crippen LogP) is 3.50. The van der Waals surface area contributed by atoms with Gasteiger partial charge in [0, 0.05) is 23.5 Å². The van der Waals surface area contributed by atoms with Gasteiger partial charge in [0.25, 0.3) is 0 Å². The number of benzene rings is 2. The maximum absolute atomic E-state index is 14.2. The van der Waals surface area contributed by atoms with Crippen LogP contribution in [0.2, 0.25) is 0 Å². The van der Waals surface area contributed by atoms with Gasteiger partial charge in [-0.1, -0.05) is 30.3 Å². The first-order valence-corrected chi connectivity index (χ1v) is 9.58. The summed E-state index contributed by atoms with van der Waals surface area (Å²) in [4.78, 5) is -0.0500. The number of nitrogens with zero attached hydrogens (tertiary/aromatic N) is 2. The minimum absolute atomic E-state index is 0.0500. The standard InChI is InChI=1S/C19H18FN3O3S/c1-3-10-23-12-15(13-8-9-17(26-2)16(20)11-13)19(22-23)14-6-4-5-7-18(14)27(21,24)25/h3-12H,1-2H3,(H2,21,24,25). The third-order valence-corrected chi connectivity index (χ3v) is 4.91. The molecule has 6 nitrogen and oxygen atoms in total. The van der Waals surface area contributed by atoms with E-state index in [0.717, 1.165) is 0 Å². The van der Waals surface area contributed by atoms with Crippen molar-refractivity contribution in [3.05, 3.63) is 60.6 Å². The first-order chi connectivity index (χ1) is 12.8. The van der Waals surface area contributed by atoms with Crippen LogP contribution in [-0.2, 0) is 10.0 Å². The molecule has 0 unspecified atom stereocenters. The third-order valence-electron chi connectivity index (χ3n) is 3.95. The smallest absolute Gasteiger partial charge is 0.238 e. The summed E-state index contributed by atoms with van der Waals surface area (Å²) in [5, 5.41) is 9.81. The van der Waals surface area contributed by atoms with Crippen molar-refractivity contribution in [1.82, 2.24) is 9.78 Å². The Morgan fingerprint density at radius 2 is 1.93 bits per heavy atom. The summed E-state index contributed by atoms with van der Waals surface area (Å²) in [6.07, 6.45) is 5.17. The molecule has 0 saturated heterocycles. The van der Waals surface area contributed by atoms with Crippen LogP contribution in [-0.4, -0.2) is 25.3 Å². The lowest BCUT2D eigenvalue weighted by atomic mass is 10.0. The lowest BCUT2D eigenvalue weighted by molar-refractivity contribution is 0.386. The zero-order chi connectivity index (χ0) is 19.6. The molecule has 0 amide bonds. The molecule has 0 bridgehead atoms. The molecule has 0 atom stereocenters. The van der Waals surface area contributed by atoms with Gasteiger partial charge >= 0.3 is 0 Å². The highest BCUT2D eigenvalue weighted by Crippen LogP contribution is 2.35. The van der Waals surface area contributed by atoms with E-state index in [1.807, 2.05) is 6.92 Å². The van der Waals surface area contributed by atoms with E-state index >= 15 is 0 Å². The Hall–Kier alpha value is -2.97. The second-order valence-electron chi connectivity index (χ2n) is 5.74. The van der Waals surface area contributed by atoms with Gasteiger partial charge in [-0.05, 0) is 30.7 Å². The molecule has 140 valence electrons. The highest BCUT2D eigenvalue weighted by molar-refractivity contribution is 7.89. The zero-order valence-electron chi connectivity index (χ0n) is 14.8. The molecule has 0 aliphatic carbocycles. The van der Waals surface area contributed by atoms with E-state index in [1.165, 1.54) is 30.0 Å². The van der Waals surface area contributed by atoms with Crippen molar-refractivity contribution < 1.29 is 17.5 Å². The first-order valence-electron chi connectivity index (χ1n) is 8.03. The van der Waals surface area contributed by atoms with E-state index in [0.29, 0.717) is 22.4 Å². The number of halogens is 1. The summed E-state index contributed by atoms with van der Waals surface area (Å²) in [7, 11) is -2.58. The molecular formula is C19H18FN3O3S. The lowest BCUT2D eigenvalue weighted by Crippen LogP contribution is -2.13. The number of primary sulfonamides is 1. The average molecular weight is 387 g/mol. The Morgan fingerprint density at radius 3 is 2.56 bits per heavy atom. The lowest BCUT2D eigenvalue weighted by Gasteiger charge is -2.09. The number of sulfonamides is 1. The largest absolute Gasteiger partial charge is 0.494 e. The number of hydrogen-bond acceptors (Lipinski definition) is 4. The van der Waals surface area contributed by atoms with Gasteiger partial charge in [0.05, 0.1) is 12.0 Å². The number of allylic oxidation sites excluding steroid dienone is 1. The van der Waals surface area contributed by atoms with E-state index in [1.54, 1.807) is 42.7 Å². The van der Waals surface area contributed by atoms with Crippen LogP contribution < -0.4 is 9.88 Å². The summed E-state index contributed by atoms with van der Waals surface area (Å²) in [5.41, 5.74) is 1.81. The van der Waals surface area contributed by atoms with Crippen LogP contribution in [0.3, 0.4) is 0 Å². The predicted molar refractivity (Wildman–Crippen MR) is 102 cm³/mol. The van der Waals surface area contributed by atoms with Crippen LogP contribution in [0.1, 0.15) is 6.92 Å². The molecule has 27 heavy (non-hydrogen) atoms. The fourth-order valence-corrected chi connectivity index (χ4v) is 3.51. The van der Waals surface area contributed by atoms with Crippen LogP contribution in [0.4, 0.5) is 4.39 Å². The van der Waals surface area contributed by atoms with Crippen molar-refractivity contribution in [2.75, 3.05) is 7.11 Å². The Bertz CT molecular complexity index is 1120. The number of methoxy groups -OCH3 is 1. The van der Waals surface area contributed by atoms with Gasteiger partial charge in [-0.25, -0.2) is 22.6 Å². The van der Waals surface area contributed by atoms with Gasteiger partial charge in [-0.3, -0.25) is 0 Å². The summed E-state index contributed by atoms with van der Waals surface area (Å²) >= 11 is 0. The monoisotopic (exact) mass is 387 g/mol. The van der Waals surface area contributed by atoms with Crippen molar-refractivity contribution in [2.45, 2.75) is 11.8 Å². The van der Waals surface area contributed by atoms with Gasteiger partial charge < -0.3 is 4.74 Å². The summed E-state index contributed by atoms with van der Waals surface area (Å²) in [6.45, 7) is 1.83.